The summed E-state index contributed by atoms with van der Waals surface area (Å²) >= 11 is 0. The van der Waals surface area contributed by atoms with Crippen LogP contribution in [0.15, 0.2) is 48.8 Å². The Kier molecular flexibility index (Phi) is 4.69. The second-order valence-corrected chi connectivity index (χ2v) is 3.41. The van der Waals surface area contributed by atoms with Gasteiger partial charge in [0.05, 0.1) is 11.3 Å². The second-order valence-electron chi connectivity index (χ2n) is 3.41. The van der Waals surface area contributed by atoms with Crippen molar-refractivity contribution in [3.05, 3.63) is 59.9 Å². The van der Waals surface area contributed by atoms with E-state index in [9.17, 15) is 4.79 Å². The second kappa shape index (κ2) is 6.27. The molecule has 0 atom stereocenters. The van der Waals surface area contributed by atoms with E-state index < -0.39 is 5.97 Å². The van der Waals surface area contributed by atoms with E-state index in [0.29, 0.717) is 11.3 Å². The number of nitrogens with two attached hydrogens (primary N) is 1. The molecule has 88 valence electrons. The lowest BCUT2D eigenvalue weighted by Crippen LogP contribution is -1.97. The van der Waals surface area contributed by atoms with Crippen molar-refractivity contribution in [2.75, 3.05) is 5.73 Å². The fraction of sp³-hybridized carbons (Fsp3) is 0.0769. The van der Waals surface area contributed by atoms with Gasteiger partial charge in [0.2, 0.25) is 0 Å². The van der Waals surface area contributed by atoms with Gasteiger partial charge < -0.3 is 10.8 Å². The number of rotatable bonds is 1. The summed E-state index contributed by atoms with van der Waals surface area (Å²) in [6.07, 6.45) is 3.30. The standard InChI is InChI=1S/C8H8O2.C5H6N2/c1-6-4-2-3-5-7(6)8(9)10;6-5-2-1-3-7-4-5/h2-5H,1H3,(H,9,10);1-4H,6H2. The highest BCUT2D eigenvalue weighted by atomic mass is 16.4. The predicted molar refractivity (Wildman–Crippen MR) is 66.8 cm³/mol. The van der Waals surface area contributed by atoms with E-state index in [-0.39, 0.29) is 0 Å². The van der Waals surface area contributed by atoms with E-state index in [1.54, 1.807) is 49.6 Å². The molecule has 2 rings (SSSR count). The Morgan fingerprint density at radius 2 is 1.94 bits per heavy atom. The number of aromatic carboxylic acids is 1. The maximum absolute atomic E-state index is 10.4. The SMILES string of the molecule is Cc1ccccc1C(=O)O.Nc1cccnc1. The summed E-state index contributed by atoms with van der Waals surface area (Å²) < 4.78 is 0. The first-order chi connectivity index (χ1) is 8.11. The van der Waals surface area contributed by atoms with Gasteiger partial charge in [-0.1, -0.05) is 18.2 Å². The largest absolute Gasteiger partial charge is 0.478 e. The zero-order chi connectivity index (χ0) is 12.7. The summed E-state index contributed by atoms with van der Waals surface area (Å²) in [7, 11) is 0. The third kappa shape index (κ3) is 4.34. The number of hydrogen-bond donors (Lipinski definition) is 2. The molecule has 17 heavy (non-hydrogen) atoms. The predicted octanol–water partition coefficient (Wildman–Crippen LogP) is 2.36. The van der Waals surface area contributed by atoms with Crippen molar-refractivity contribution in [1.82, 2.24) is 4.98 Å². The van der Waals surface area contributed by atoms with Gasteiger partial charge in [0.15, 0.2) is 0 Å². The number of carboxylic acids is 1. The minimum Gasteiger partial charge on any atom is -0.478 e. The van der Waals surface area contributed by atoms with E-state index in [2.05, 4.69) is 4.98 Å². The van der Waals surface area contributed by atoms with Crippen molar-refractivity contribution in [3.63, 3.8) is 0 Å². The Hall–Kier alpha value is -2.36. The van der Waals surface area contributed by atoms with Crippen molar-refractivity contribution in [2.45, 2.75) is 6.92 Å². The maximum Gasteiger partial charge on any atom is 0.335 e. The summed E-state index contributed by atoms with van der Waals surface area (Å²) in [6, 6.07) is 10.5. The smallest absolute Gasteiger partial charge is 0.335 e. The fourth-order valence-corrected chi connectivity index (χ4v) is 1.19. The molecule has 0 radical (unpaired) electrons. The quantitative estimate of drug-likeness (QED) is 0.788. The van der Waals surface area contributed by atoms with E-state index in [0.717, 1.165) is 5.56 Å². The average molecular weight is 230 g/mol. The average Bonchev–Trinajstić information content (AvgIpc) is 2.31. The molecule has 4 heteroatoms. The van der Waals surface area contributed by atoms with Gasteiger partial charge in [-0.25, -0.2) is 4.79 Å². The van der Waals surface area contributed by atoms with E-state index in [1.165, 1.54) is 0 Å². The summed E-state index contributed by atoms with van der Waals surface area (Å²) in [5.41, 5.74) is 7.18. The molecule has 0 saturated heterocycles. The lowest BCUT2D eigenvalue weighted by molar-refractivity contribution is 0.0696. The minimum absolute atomic E-state index is 0.377. The first-order valence-corrected chi connectivity index (χ1v) is 5.05. The zero-order valence-corrected chi connectivity index (χ0v) is 9.50. The van der Waals surface area contributed by atoms with Gasteiger partial charge >= 0.3 is 5.97 Å². The number of carbonyl (C=O) groups is 1. The minimum atomic E-state index is -0.863. The molecule has 1 aromatic carbocycles. The molecule has 0 aliphatic heterocycles. The van der Waals surface area contributed by atoms with Gasteiger partial charge in [0, 0.05) is 12.4 Å². The molecule has 2 aromatic rings. The third-order valence-corrected chi connectivity index (χ3v) is 2.06. The molecular weight excluding hydrogens is 216 g/mol. The Balaban J connectivity index is 0.000000181. The molecule has 0 unspecified atom stereocenters. The first kappa shape index (κ1) is 12.7. The van der Waals surface area contributed by atoms with Crippen LogP contribution in [0.1, 0.15) is 15.9 Å². The Labute approximate surface area is 99.7 Å². The summed E-state index contributed by atoms with van der Waals surface area (Å²) in [4.78, 5) is 14.2. The number of anilines is 1. The lowest BCUT2D eigenvalue weighted by atomic mass is 10.1. The number of hydrogen-bond acceptors (Lipinski definition) is 3. The number of carboxylic acid groups (broad SMARTS) is 1. The Morgan fingerprint density at radius 1 is 1.24 bits per heavy atom. The maximum atomic E-state index is 10.4. The topological polar surface area (TPSA) is 76.2 Å². The third-order valence-electron chi connectivity index (χ3n) is 2.06. The van der Waals surface area contributed by atoms with Crippen LogP contribution in [-0.2, 0) is 0 Å². The van der Waals surface area contributed by atoms with Crippen LogP contribution in [0.25, 0.3) is 0 Å². The Morgan fingerprint density at radius 3 is 2.29 bits per heavy atom. The number of aromatic nitrogens is 1. The molecule has 0 aliphatic rings. The van der Waals surface area contributed by atoms with Gasteiger partial charge in [-0.15, -0.1) is 0 Å². The van der Waals surface area contributed by atoms with E-state index >= 15 is 0 Å². The highest BCUT2D eigenvalue weighted by molar-refractivity contribution is 5.89. The number of nitrogen functional groups attached to an aromatic ring is 1. The van der Waals surface area contributed by atoms with Crippen LogP contribution in [0.5, 0.6) is 0 Å². The van der Waals surface area contributed by atoms with Gasteiger partial charge in [-0.05, 0) is 30.7 Å². The van der Waals surface area contributed by atoms with E-state index in [4.69, 9.17) is 10.8 Å². The molecule has 0 saturated carbocycles. The molecule has 0 amide bonds. The van der Waals surface area contributed by atoms with E-state index in [1.807, 2.05) is 6.07 Å². The fourth-order valence-electron chi connectivity index (χ4n) is 1.19. The summed E-state index contributed by atoms with van der Waals surface area (Å²) in [6.45, 7) is 1.78. The molecule has 0 bridgehead atoms. The molecule has 1 heterocycles. The molecule has 0 fully saturated rings. The van der Waals surface area contributed by atoms with Gasteiger partial charge in [-0.3, -0.25) is 4.98 Å². The van der Waals surface area contributed by atoms with Crippen LogP contribution in [0, 0.1) is 6.92 Å². The summed E-state index contributed by atoms with van der Waals surface area (Å²) in [5, 5.41) is 8.57. The first-order valence-electron chi connectivity index (χ1n) is 5.05. The normalized spacial score (nSPS) is 9.00. The van der Waals surface area contributed by atoms with Gasteiger partial charge in [0.1, 0.15) is 0 Å². The number of nitrogens with zero attached hydrogens (tertiary/aromatic N) is 1. The van der Waals surface area contributed by atoms with Crippen LogP contribution >= 0.6 is 0 Å². The van der Waals surface area contributed by atoms with Gasteiger partial charge in [-0.2, -0.15) is 0 Å². The summed E-state index contributed by atoms with van der Waals surface area (Å²) in [5.74, 6) is -0.863. The molecule has 0 spiro atoms. The van der Waals surface area contributed by atoms with Gasteiger partial charge in [0.25, 0.3) is 0 Å². The number of benzene rings is 1. The molecule has 3 N–H and O–H groups in total. The van der Waals surface area contributed by atoms with Crippen molar-refractivity contribution in [1.29, 1.82) is 0 Å². The molecule has 1 aromatic heterocycles. The zero-order valence-electron chi connectivity index (χ0n) is 9.50. The van der Waals surface area contributed by atoms with Crippen LogP contribution in [0.3, 0.4) is 0 Å². The van der Waals surface area contributed by atoms with Crippen molar-refractivity contribution in [3.8, 4) is 0 Å². The molecule has 0 aliphatic carbocycles. The lowest BCUT2D eigenvalue weighted by Gasteiger charge is -1.96. The van der Waals surface area contributed by atoms with Crippen LogP contribution in [0.4, 0.5) is 5.69 Å². The highest BCUT2D eigenvalue weighted by Crippen LogP contribution is 2.05. The molecular formula is C13H14N2O2. The van der Waals surface area contributed by atoms with Crippen molar-refractivity contribution < 1.29 is 9.90 Å². The highest BCUT2D eigenvalue weighted by Gasteiger charge is 2.02. The Bertz CT molecular complexity index is 484. The molecule has 4 nitrogen and oxygen atoms in total. The van der Waals surface area contributed by atoms with Crippen LogP contribution in [0.2, 0.25) is 0 Å². The van der Waals surface area contributed by atoms with Crippen LogP contribution in [-0.4, -0.2) is 16.1 Å². The van der Waals surface area contributed by atoms with Crippen molar-refractivity contribution >= 4 is 11.7 Å². The number of pyridine rings is 1. The monoisotopic (exact) mass is 230 g/mol. The van der Waals surface area contributed by atoms with Crippen molar-refractivity contribution in [2.24, 2.45) is 0 Å². The number of aryl methyl sites for hydroxylation is 1. The van der Waals surface area contributed by atoms with Crippen LogP contribution < -0.4 is 5.73 Å².